The lowest BCUT2D eigenvalue weighted by molar-refractivity contribution is 0.256. The Hall–Kier alpha value is -0.620. The number of nitrogens with one attached hydrogen (secondary N) is 1. The zero-order valence-corrected chi connectivity index (χ0v) is 10.9. The van der Waals surface area contributed by atoms with Gasteiger partial charge >= 0.3 is 0 Å². The second-order valence-electron chi connectivity index (χ2n) is 3.69. The minimum Gasteiger partial charge on any atom is -0.395 e. The van der Waals surface area contributed by atoms with Gasteiger partial charge < -0.3 is 5.11 Å². The molecule has 0 aromatic heterocycles. The number of aliphatic hydroxyl groups is 1. The van der Waals surface area contributed by atoms with Crippen molar-refractivity contribution in [3.63, 3.8) is 0 Å². The zero-order chi connectivity index (χ0) is 12.7. The second-order valence-corrected chi connectivity index (χ2v) is 5.95. The summed E-state index contributed by atoms with van der Waals surface area (Å²) in [6, 6.07) is 8.89. The highest BCUT2D eigenvalue weighted by atomic mass is 35.5. The Morgan fingerprint density at radius 1 is 1.29 bits per heavy atom. The van der Waals surface area contributed by atoms with Gasteiger partial charge in [-0.25, -0.2) is 13.1 Å². The largest absolute Gasteiger partial charge is 0.395 e. The summed E-state index contributed by atoms with van der Waals surface area (Å²) in [7, 11) is -3.41. The third kappa shape index (κ3) is 5.50. The van der Waals surface area contributed by atoms with Crippen LogP contribution in [0.3, 0.4) is 0 Å². The third-order valence-corrected chi connectivity index (χ3v) is 4.08. The number of halogens is 1. The maximum atomic E-state index is 11.5. The van der Waals surface area contributed by atoms with Crippen molar-refractivity contribution in [1.82, 2.24) is 4.72 Å². The van der Waals surface area contributed by atoms with Gasteiger partial charge in [-0.1, -0.05) is 30.3 Å². The Labute approximate surface area is 107 Å². The van der Waals surface area contributed by atoms with Crippen LogP contribution in [0.25, 0.3) is 0 Å². The molecule has 96 valence electrons. The molecular formula is C11H16ClNO3S. The number of benzene rings is 1. The van der Waals surface area contributed by atoms with E-state index in [1.165, 1.54) is 0 Å². The monoisotopic (exact) mass is 277 g/mol. The average molecular weight is 278 g/mol. The molecule has 0 saturated carbocycles. The fourth-order valence-corrected chi connectivity index (χ4v) is 3.05. The smallest absolute Gasteiger partial charge is 0.213 e. The number of rotatable bonds is 7. The van der Waals surface area contributed by atoms with Crippen LogP contribution in [0.15, 0.2) is 30.3 Å². The van der Waals surface area contributed by atoms with E-state index >= 15 is 0 Å². The molecule has 1 atom stereocenters. The summed E-state index contributed by atoms with van der Waals surface area (Å²) in [6.45, 7) is -0.240. The molecule has 0 radical (unpaired) electrons. The van der Waals surface area contributed by atoms with Crippen LogP contribution in [0, 0.1) is 0 Å². The van der Waals surface area contributed by atoms with Crippen molar-refractivity contribution in [2.24, 2.45) is 0 Å². The van der Waals surface area contributed by atoms with Crippen molar-refractivity contribution in [3.8, 4) is 0 Å². The Morgan fingerprint density at radius 3 is 2.47 bits per heavy atom. The Kier molecular flexibility index (Phi) is 5.91. The highest BCUT2D eigenvalue weighted by molar-refractivity contribution is 7.89. The summed E-state index contributed by atoms with van der Waals surface area (Å²) >= 11 is 5.39. The summed E-state index contributed by atoms with van der Waals surface area (Å²) in [6.07, 6.45) is 0.457. The summed E-state index contributed by atoms with van der Waals surface area (Å²) in [5, 5.41) is 9.16. The molecule has 0 aliphatic heterocycles. The highest BCUT2D eigenvalue weighted by Gasteiger charge is 2.16. The van der Waals surface area contributed by atoms with Gasteiger partial charge in [0.15, 0.2) is 0 Å². The van der Waals surface area contributed by atoms with E-state index in [1.54, 1.807) is 0 Å². The van der Waals surface area contributed by atoms with Crippen molar-refractivity contribution in [2.75, 3.05) is 18.2 Å². The van der Waals surface area contributed by atoms with Crippen LogP contribution < -0.4 is 4.72 Å². The number of alkyl halides is 1. The third-order valence-electron chi connectivity index (χ3n) is 2.24. The van der Waals surface area contributed by atoms with Gasteiger partial charge in [-0.3, -0.25) is 0 Å². The molecule has 2 N–H and O–H groups in total. The van der Waals surface area contributed by atoms with E-state index in [0.29, 0.717) is 6.42 Å². The molecule has 0 aliphatic carbocycles. The van der Waals surface area contributed by atoms with Gasteiger partial charge in [0.05, 0.1) is 12.4 Å². The molecule has 0 bridgehead atoms. The Bertz CT molecular complexity index is 422. The average Bonchev–Trinajstić information content (AvgIpc) is 2.29. The Balaban J connectivity index is 2.61. The van der Waals surface area contributed by atoms with Crippen LogP contribution in [0.1, 0.15) is 5.56 Å². The predicted molar refractivity (Wildman–Crippen MR) is 68.7 cm³/mol. The van der Waals surface area contributed by atoms with Crippen LogP contribution >= 0.6 is 11.6 Å². The van der Waals surface area contributed by atoms with E-state index in [9.17, 15) is 8.42 Å². The number of aliphatic hydroxyl groups excluding tert-OH is 1. The molecule has 0 aliphatic rings. The molecule has 4 nitrogen and oxygen atoms in total. The normalized spacial score (nSPS) is 13.5. The highest BCUT2D eigenvalue weighted by Crippen LogP contribution is 2.04. The van der Waals surface area contributed by atoms with Crippen molar-refractivity contribution in [2.45, 2.75) is 12.5 Å². The molecule has 0 spiro atoms. The molecule has 17 heavy (non-hydrogen) atoms. The summed E-state index contributed by atoms with van der Waals surface area (Å²) < 4.78 is 25.4. The van der Waals surface area contributed by atoms with Gasteiger partial charge in [0, 0.05) is 11.9 Å². The van der Waals surface area contributed by atoms with Gasteiger partial charge in [0.25, 0.3) is 0 Å². The molecule has 1 rings (SSSR count). The van der Waals surface area contributed by atoms with E-state index in [4.69, 9.17) is 16.7 Å². The molecule has 1 aromatic carbocycles. The predicted octanol–water partition coefficient (Wildman–Crippen LogP) is 0.748. The molecule has 0 heterocycles. The summed E-state index contributed by atoms with van der Waals surface area (Å²) in [5.41, 5.74) is 0.972. The van der Waals surface area contributed by atoms with E-state index in [1.807, 2.05) is 30.3 Å². The van der Waals surface area contributed by atoms with E-state index < -0.39 is 16.1 Å². The van der Waals surface area contributed by atoms with Crippen molar-refractivity contribution < 1.29 is 13.5 Å². The lowest BCUT2D eigenvalue weighted by Gasteiger charge is -2.16. The standard InChI is InChI=1S/C11H16ClNO3S/c12-6-7-17(15,16)13-11(9-14)8-10-4-2-1-3-5-10/h1-5,11,13-14H,6-9H2. The summed E-state index contributed by atoms with van der Waals surface area (Å²) in [5.74, 6) is -0.0985. The first kappa shape index (κ1) is 14.4. The number of sulfonamides is 1. The van der Waals surface area contributed by atoms with E-state index in [0.717, 1.165) is 5.56 Å². The number of hydrogen-bond acceptors (Lipinski definition) is 3. The second kappa shape index (κ2) is 6.96. The minimum absolute atomic E-state index is 0.0405. The van der Waals surface area contributed by atoms with Gasteiger partial charge in [0.2, 0.25) is 10.0 Å². The minimum atomic E-state index is -3.41. The molecular weight excluding hydrogens is 262 g/mol. The van der Waals surface area contributed by atoms with Crippen LogP contribution in [-0.4, -0.2) is 37.8 Å². The molecule has 1 aromatic rings. The van der Waals surface area contributed by atoms with Crippen LogP contribution in [0.4, 0.5) is 0 Å². The van der Waals surface area contributed by atoms with Crippen molar-refractivity contribution in [3.05, 3.63) is 35.9 Å². The first-order valence-corrected chi connectivity index (χ1v) is 7.47. The van der Waals surface area contributed by atoms with Crippen LogP contribution in [0.5, 0.6) is 0 Å². The topological polar surface area (TPSA) is 66.4 Å². The van der Waals surface area contributed by atoms with Gasteiger partial charge in [0.1, 0.15) is 0 Å². The zero-order valence-electron chi connectivity index (χ0n) is 9.34. The Morgan fingerprint density at radius 2 is 1.94 bits per heavy atom. The number of hydrogen-bond donors (Lipinski definition) is 2. The van der Waals surface area contributed by atoms with Crippen molar-refractivity contribution in [1.29, 1.82) is 0 Å². The first-order valence-electron chi connectivity index (χ1n) is 5.28. The van der Waals surface area contributed by atoms with Crippen LogP contribution in [0.2, 0.25) is 0 Å². The van der Waals surface area contributed by atoms with Gasteiger partial charge in [-0.05, 0) is 12.0 Å². The molecule has 0 amide bonds. The van der Waals surface area contributed by atoms with Gasteiger partial charge in [-0.2, -0.15) is 0 Å². The quantitative estimate of drug-likeness (QED) is 0.723. The van der Waals surface area contributed by atoms with E-state index in [2.05, 4.69) is 4.72 Å². The maximum absolute atomic E-state index is 11.5. The molecule has 1 unspecified atom stereocenters. The molecule has 0 fully saturated rings. The SMILES string of the molecule is O=S(=O)(CCCl)NC(CO)Cc1ccccc1. The van der Waals surface area contributed by atoms with Gasteiger partial charge in [-0.15, -0.1) is 11.6 Å². The molecule has 0 saturated heterocycles. The maximum Gasteiger partial charge on any atom is 0.213 e. The fourth-order valence-electron chi connectivity index (χ4n) is 1.46. The molecule has 6 heteroatoms. The fraction of sp³-hybridized carbons (Fsp3) is 0.455. The van der Waals surface area contributed by atoms with Crippen LogP contribution in [-0.2, 0) is 16.4 Å². The summed E-state index contributed by atoms with van der Waals surface area (Å²) in [4.78, 5) is 0. The lowest BCUT2D eigenvalue weighted by atomic mass is 10.1. The van der Waals surface area contributed by atoms with E-state index in [-0.39, 0.29) is 18.2 Å². The van der Waals surface area contributed by atoms with Crippen molar-refractivity contribution >= 4 is 21.6 Å². The lowest BCUT2D eigenvalue weighted by Crippen LogP contribution is -2.40. The first-order chi connectivity index (χ1) is 8.07.